The average Bonchev–Trinajstić information content (AvgIpc) is 3.18. The van der Waals surface area contributed by atoms with Crippen molar-refractivity contribution in [1.29, 1.82) is 0 Å². The number of carbonyl (C=O) groups is 1. The molecule has 0 bridgehead atoms. The molecule has 1 aromatic heterocycles. The highest BCUT2D eigenvalue weighted by Gasteiger charge is 2.53. The van der Waals surface area contributed by atoms with Gasteiger partial charge in [0.2, 0.25) is 0 Å². The van der Waals surface area contributed by atoms with Crippen molar-refractivity contribution in [2.24, 2.45) is 0 Å². The molecule has 4 heterocycles. The zero-order valence-corrected chi connectivity index (χ0v) is 14.9. The lowest BCUT2D eigenvalue weighted by molar-refractivity contribution is 0.178. The van der Waals surface area contributed by atoms with Gasteiger partial charge in [-0.25, -0.2) is 9.78 Å². The standard InChI is InChI=1S/C14H15N3O3SSi/c18-12-16-14(22)6-19-5-10(14)17(12)13-15-11-7-3-4-20-8(7)1-2-9(11)21-13/h1-2,10H,3-6H2,22H3,(H,16,18)/t10-,14-/m0/s1. The zero-order chi connectivity index (χ0) is 14.9. The molecule has 2 fully saturated rings. The van der Waals surface area contributed by atoms with Gasteiger partial charge in [-0.1, -0.05) is 11.3 Å². The van der Waals surface area contributed by atoms with Crippen molar-refractivity contribution in [3.63, 3.8) is 0 Å². The van der Waals surface area contributed by atoms with Gasteiger partial charge in [0.25, 0.3) is 0 Å². The van der Waals surface area contributed by atoms with E-state index < -0.39 is 0 Å². The van der Waals surface area contributed by atoms with Crippen molar-refractivity contribution >= 4 is 43.0 Å². The first-order valence-corrected chi connectivity index (χ1v) is 9.22. The van der Waals surface area contributed by atoms with Gasteiger partial charge < -0.3 is 14.8 Å². The fourth-order valence-electron chi connectivity index (χ4n) is 3.57. The van der Waals surface area contributed by atoms with Crippen molar-refractivity contribution in [1.82, 2.24) is 10.3 Å². The number of thiazole rings is 1. The summed E-state index contributed by atoms with van der Waals surface area (Å²) in [5.41, 5.74) is 2.15. The molecule has 2 aromatic rings. The first-order valence-electron chi connectivity index (χ1n) is 7.40. The minimum atomic E-state index is -0.181. The maximum atomic E-state index is 12.4. The van der Waals surface area contributed by atoms with Gasteiger partial charge in [0.1, 0.15) is 5.75 Å². The van der Waals surface area contributed by atoms with E-state index in [0.717, 1.165) is 37.8 Å². The number of ether oxygens (including phenoxy) is 2. The minimum absolute atomic E-state index is 0.0461. The Bertz CT molecular complexity index is 810. The Morgan fingerprint density at radius 1 is 1.50 bits per heavy atom. The number of aromatic nitrogens is 1. The SMILES string of the molecule is O=C1N[C@]2([SiH3])COC[C@@H]2N1c1nc2c3c(ccc2s1)OCC3. The van der Waals surface area contributed by atoms with Crippen LogP contribution < -0.4 is 15.0 Å². The van der Waals surface area contributed by atoms with E-state index in [1.165, 1.54) is 5.56 Å². The number of rotatable bonds is 1. The van der Waals surface area contributed by atoms with Gasteiger partial charge in [0.15, 0.2) is 5.13 Å². The third-order valence-corrected chi connectivity index (χ3v) is 6.99. The van der Waals surface area contributed by atoms with E-state index in [-0.39, 0.29) is 17.2 Å². The van der Waals surface area contributed by atoms with Crippen molar-refractivity contribution in [2.45, 2.75) is 17.6 Å². The molecule has 0 radical (unpaired) electrons. The van der Waals surface area contributed by atoms with Crippen LogP contribution in [0.2, 0.25) is 0 Å². The second-order valence-corrected chi connectivity index (χ2v) is 9.03. The maximum Gasteiger partial charge on any atom is 0.324 e. The van der Waals surface area contributed by atoms with Crippen LogP contribution in [0.3, 0.4) is 0 Å². The molecule has 1 N–H and O–H groups in total. The summed E-state index contributed by atoms with van der Waals surface area (Å²) in [6.45, 7) is 1.91. The van der Waals surface area contributed by atoms with Crippen LogP contribution in [-0.4, -0.2) is 52.3 Å². The van der Waals surface area contributed by atoms with Crippen LogP contribution in [0, 0.1) is 0 Å². The maximum absolute atomic E-state index is 12.4. The first kappa shape index (κ1) is 12.9. The molecule has 5 rings (SSSR count). The lowest BCUT2D eigenvalue weighted by atomic mass is 10.1. The highest BCUT2D eigenvalue weighted by atomic mass is 32.1. The Hall–Kier alpha value is -1.64. The number of anilines is 1. The predicted molar refractivity (Wildman–Crippen MR) is 87.1 cm³/mol. The fourth-order valence-corrected chi connectivity index (χ4v) is 5.46. The molecular weight excluding hydrogens is 318 g/mol. The summed E-state index contributed by atoms with van der Waals surface area (Å²) in [6, 6.07) is 4.06. The van der Waals surface area contributed by atoms with Crippen molar-refractivity contribution in [2.75, 3.05) is 24.7 Å². The Morgan fingerprint density at radius 3 is 3.32 bits per heavy atom. The van der Waals surface area contributed by atoms with Crippen LogP contribution in [0.25, 0.3) is 10.2 Å². The van der Waals surface area contributed by atoms with Gasteiger partial charge in [-0.3, -0.25) is 4.90 Å². The zero-order valence-electron chi connectivity index (χ0n) is 12.1. The molecule has 8 heteroatoms. The molecule has 22 heavy (non-hydrogen) atoms. The first-order chi connectivity index (χ1) is 10.7. The van der Waals surface area contributed by atoms with Crippen LogP contribution in [0.1, 0.15) is 5.56 Å². The van der Waals surface area contributed by atoms with Crippen LogP contribution in [0.4, 0.5) is 9.93 Å². The fraction of sp³-hybridized carbons (Fsp3) is 0.429. The molecule has 1 aromatic carbocycles. The number of nitrogens with one attached hydrogen (secondary N) is 1. The van der Waals surface area contributed by atoms with Crippen LogP contribution in [0.15, 0.2) is 12.1 Å². The van der Waals surface area contributed by atoms with E-state index in [4.69, 9.17) is 14.5 Å². The van der Waals surface area contributed by atoms with Crippen LogP contribution in [0.5, 0.6) is 5.75 Å². The van der Waals surface area contributed by atoms with Crippen molar-refractivity contribution < 1.29 is 14.3 Å². The molecule has 2 saturated heterocycles. The van der Waals surface area contributed by atoms with Gasteiger partial charge in [0.05, 0.1) is 41.2 Å². The smallest absolute Gasteiger partial charge is 0.324 e. The summed E-state index contributed by atoms with van der Waals surface area (Å²) in [5.74, 6) is 0.927. The third kappa shape index (κ3) is 1.57. The molecule has 114 valence electrons. The Kier molecular flexibility index (Phi) is 2.46. The van der Waals surface area contributed by atoms with Gasteiger partial charge in [-0.05, 0) is 12.1 Å². The third-order valence-electron chi connectivity index (χ3n) is 4.76. The molecule has 6 nitrogen and oxygen atoms in total. The highest BCUT2D eigenvalue weighted by molar-refractivity contribution is 7.22. The molecule has 3 aliphatic rings. The molecule has 0 spiro atoms. The second-order valence-electron chi connectivity index (χ2n) is 6.23. The van der Waals surface area contributed by atoms with E-state index >= 15 is 0 Å². The average molecular weight is 333 g/mol. The molecule has 3 aliphatic heterocycles. The number of fused-ring (bicyclic) bond motifs is 4. The number of carbonyl (C=O) groups excluding carboxylic acids is 1. The number of hydrogen-bond donors (Lipinski definition) is 1. The number of benzene rings is 1. The lowest BCUT2D eigenvalue weighted by Gasteiger charge is -2.23. The van der Waals surface area contributed by atoms with E-state index in [2.05, 4.69) is 5.32 Å². The largest absolute Gasteiger partial charge is 0.493 e. The van der Waals surface area contributed by atoms with Gasteiger partial charge in [-0.15, -0.1) is 0 Å². The summed E-state index contributed by atoms with van der Waals surface area (Å²) in [6.07, 6.45) is 0.888. The molecule has 0 unspecified atom stereocenters. The van der Waals surface area contributed by atoms with Crippen molar-refractivity contribution in [3.05, 3.63) is 17.7 Å². The van der Waals surface area contributed by atoms with Gasteiger partial charge in [-0.2, -0.15) is 0 Å². The summed E-state index contributed by atoms with van der Waals surface area (Å²) in [5, 5.41) is 3.69. The van der Waals surface area contributed by atoms with E-state index in [1.807, 2.05) is 12.1 Å². The molecule has 0 saturated carbocycles. The summed E-state index contributed by atoms with van der Waals surface area (Å²) in [7, 11) is 0.864. The normalized spacial score (nSPS) is 29.7. The topological polar surface area (TPSA) is 63.7 Å². The van der Waals surface area contributed by atoms with E-state index in [0.29, 0.717) is 19.8 Å². The quantitative estimate of drug-likeness (QED) is 0.759. The monoisotopic (exact) mass is 333 g/mol. The summed E-state index contributed by atoms with van der Waals surface area (Å²) < 4.78 is 12.3. The van der Waals surface area contributed by atoms with Gasteiger partial charge in [0, 0.05) is 22.2 Å². The number of amides is 2. The Balaban J connectivity index is 1.64. The summed E-state index contributed by atoms with van der Waals surface area (Å²) >= 11 is 1.57. The number of nitrogens with zero attached hydrogens (tertiary/aromatic N) is 2. The summed E-state index contributed by atoms with van der Waals surface area (Å²) in [4.78, 5) is 19.0. The Labute approximate surface area is 133 Å². The molecule has 0 aliphatic carbocycles. The lowest BCUT2D eigenvalue weighted by Crippen LogP contribution is -2.49. The number of urea groups is 1. The second kappa shape index (κ2) is 4.21. The van der Waals surface area contributed by atoms with Crippen molar-refractivity contribution in [3.8, 4) is 5.75 Å². The predicted octanol–water partition coefficient (Wildman–Crippen LogP) is 0.221. The Morgan fingerprint density at radius 2 is 2.41 bits per heavy atom. The minimum Gasteiger partial charge on any atom is -0.493 e. The van der Waals surface area contributed by atoms with E-state index in [9.17, 15) is 4.79 Å². The molecular formula is C14H15N3O3SSi. The number of hydrogen-bond acceptors (Lipinski definition) is 5. The highest BCUT2D eigenvalue weighted by Crippen LogP contribution is 2.40. The molecule has 2 amide bonds. The van der Waals surface area contributed by atoms with E-state index in [1.54, 1.807) is 16.2 Å². The van der Waals surface area contributed by atoms with Gasteiger partial charge >= 0.3 is 6.03 Å². The van der Waals surface area contributed by atoms with Crippen LogP contribution in [-0.2, 0) is 11.2 Å². The van der Waals surface area contributed by atoms with Crippen LogP contribution >= 0.6 is 11.3 Å². The molecule has 2 atom stereocenters.